The highest BCUT2D eigenvalue weighted by molar-refractivity contribution is 6.10. The summed E-state index contributed by atoms with van der Waals surface area (Å²) in [6, 6.07) is 3.64. The summed E-state index contributed by atoms with van der Waals surface area (Å²) in [5.41, 5.74) is -2.14. The summed E-state index contributed by atoms with van der Waals surface area (Å²) in [5, 5.41) is 10.4. The number of allylic oxidation sites excluding steroid dienone is 2. The maximum Gasteiger partial charge on any atom is 0.433 e. The molecule has 24 heavy (non-hydrogen) atoms. The molecule has 0 fully saturated rings. The predicted octanol–water partition coefficient (Wildman–Crippen LogP) is 3.72. The van der Waals surface area contributed by atoms with Gasteiger partial charge in [0.1, 0.15) is 11.5 Å². The molecule has 128 valence electrons. The molecule has 0 saturated heterocycles. The summed E-state index contributed by atoms with van der Waals surface area (Å²) in [5.74, 6) is -0.151. The Labute approximate surface area is 131 Å². The van der Waals surface area contributed by atoms with Crippen molar-refractivity contribution in [2.24, 2.45) is 4.99 Å². The third-order valence-corrected chi connectivity index (χ3v) is 3.42. The Bertz CT molecular complexity index is 745. The second-order valence-corrected chi connectivity index (χ2v) is 5.03. The number of fused-ring (bicyclic) bond motifs is 1. The van der Waals surface area contributed by atoms with Crippen LogP contribution in [0.3, 0.4) is 0 Å². The lowest BCUT2D eigenvalue weighted by Gasteiger charge is -2.31. The standard InChI is InChI=1S/C14H9F6N3O/c15-13(16,17)9-3-1-8(2-4-9)10-7-11(14(18,19)20)23-12(21-10)5-6-22(23)24/h1-5,7,24H,6H2. The third kappa shape index (κ3) is 2.89. The van der Waals surface area contributed by atoms with Crippen LogP contribution in [0.2, 0.25) is 0 Å². The van der Waals surface area contributed by atoms with Crippen molar-refractivity contribution >= 4 is 5.71 Å². The first-order chi connectivity index (χ1) is 11.1. The summed E-state index contributed by atoms with van der Waals surface area (Å²) in [4.78, 5) is 3.96. The van der Waals surface area contributed by atoms with E-state index in [0.29, 0.717) is 16.3 Å². The van der Waals surface area contributed by atoms with Gasteiger partial charge in [0, 0.05) is 5.56 Å². The molecule has 3 rings (SSSR count). The molecule has 0 aliphatic carbocycles. The van der Waals surface area contributed by atoms with Crippen molar-refractivity contribution in [1.29, 1.82) is 0 Å². The second kappa shape index (κ2) is 5.35. The van der Waals surface area contributed by atoms with Gasteiger partial charge in [-0.05, 0) is 24.3 Å². The molecule has 0 radical (unpaired) electrons. The van der Waals surface area contributed by atoms with Gasteiger partial charge in [-0.3, -0.25) is 5.21 Å². The predicted molar refractivity (Wildman–Crippen MR) is 70.5 cm³/mol. The van der Waals surface area contributed by atoms with Gasteiger partial charge in [-0.15, -0.1) is 0 Å². The number of alkyl halides is 6. The summed E-state index contributed by atoms with van der Waals surface area (Å²) >= 11 is 0. The smallest absolute Gasteiger partial charge is 0.294 e. The molecule has 2 aliphatic heterocycles. The summed E-state index contributed by atoms with van der Waals surface area (Å²) in [6.07, 6.45) is -7.38. The van der Waals surface area contributed by atoms with Gasteiger partial charge in [0.05, 0.1) is 17.8 Å². The Morgan fingerprint density at radius 1 is 0.958 bits per heavy atom. The van der Waals surface area contributed by atoms with Gasteiger partial charge in [0.15, 0.2) is 0 Å². The lowest BCUT2D eigenvalue weighted by atomic mass is 10.0. The monoisotopic (exact) mass is 349 g/mol. The van der Waals surface area contributed by atoms with Crippen LogP contribution in [-0.2, 0) is 6.18 Å². The van der Waals surface area contributed by atoms with E-state index in [9.17, 15) is 31.5 Å². The first kappa shape index (κ1) is 16.5. The molecule has 1 aromatic rings. The molecule has 4 nitrogen and oxygen atoms in total. The number of benzene rings is 1. The van der Waals surface area contributed by atoms with Gasteiger partial charge in [0.2, 0.25) is 0 Å². The second-order valence-electron chi connectivity index (χ2n) is 5.03. The van der Waals surface area contributed by atoms with Crippen molar-refractivity contribution < 1.29 is 31.5 Å². The Morgan fingerprint density at radius 3 is 2.12 bits per heavy atom. The van der Waals surface area contributed by atoms with Gasteiger partial charge in [-0.2, -0.15) is 26.3 Å². The lowest BCUT2D eigenvalue weighted by molar-refractivity contribution is -0.225. The van der Waals surface area contributed by atoms with Gasteiger partial charge in [-0.25, -0.2) is 10.0 Å². The van der Waals surface area contributed by atoms with E-state index in [0.717, 1.165) is 24.3 Å². The number of rotatable bonds is 1. The fraction of sp³-hybridized carbons (Fsp3) is 0.214. The molecule has 1 N–H and O–H groups in total. The molecule has 0 spiro atoms. The van der Waals surface area contributed by atoms with Crippen LogP contribution in [0.1, 0.15) is 11.1 Å². The first-order valence-corrected chi connectivity index (χ1v) is 6.59. The number of nitrogens with zero attached hydrogens (tertiary/aromatic N) is 3. The highest BCUT2D eigenvalue weighted by atomic mass is 19.4. The molecular formula is C14H9F6N3O. The summed E-state index contributed by atoms with van der Waals surface area (Å²) in [6.45, 7) is -0.188. The number of aliphatic imine (C=N–C) groups is 1. The van der Waals surface area contributed by atoms with E-state index in [4.69, 9.17) is 0 Å². The highest BCUT2D eigenvalue weighted by Crippen LogP contribution is 2.37. The van der Waals surface area contributed by atoms with Gasteiger partial charge in [-0.1, -0.05) is 17.3 Å². The van der Waals surface area contributed by atoms with Gasteiger partial charge >= 0.3 is 12.4 Å². The maximum absolute atomic E-state index is 13.2. The minimum absolute atomic E-state index is 0.0988. The lowest BCUT2D eigenvalue weighted by Crippen LogP contribution is -2.41. The Morgan fingerprint density at radius 2 is 1.58 bits per heavy atom. The topological polar surface area (TPSA) is 39.1 Å². The van der Waals surface area contributed by atoms with Gasteiger partial charge < -0.3 is 0 Å². The van der Waals surface area contributed by atoms with Crippen molar-refractivity contribution in [3.63, 3.8) is 0 Å². The molecule has 0 bridgehead atoms. The fourth-order valence-corrected chi connectivity index (χ4v) is 2.32. The molecule has 1 aromatic carbocycles. The molecule has 0 aromatic heterocycles. The quantitative estimate of drug-likeness (QED) is 0.786. The van der Waals surface area contributed by atoms with Crippen LogP contribution in [0.15, 0.2) is 52.9 Å². The maximum atomic E-state index is 13.2. The van der Waals surface area contributed by atoms with E-state index in [1.165, 1.54) is 6.08 Å². The zero-order valence-corrected chi connectivity index (χ0v) is 11.7. The van der Waals surface area contributed by atoms with Crippen LogP contribution in [0.25, 0.3) is 0 Å². The molecule has 10 heteroatoms. The van der Waals surface area contributed by atoms with Crippen LogP contribution in [0.5, 0.6) is 0 Å². The minimum Gasteiger partial charge on any atom is -0.294 e. The largest absolute Gasteiger partial charge is 0.433 e. The van der Waals surface area contributed by atoms with Crippen molar-refractivity contribution in [1.82, 2.24) is 10.2 Å². The Balaban J connectivity index is 2.02. The molecule has 2 heterocycles. The summed E-state index contributed by atoms with van der Waals surface area (Å²) in [7, 11) is 0. The molecule has 0 amide bonds. The molecule has 2 aliphatic rings. The molecule has 0 saturated carbocycles. The minimum atomic E-state index is -4.78. The Hall–Kier alpha value is -2.33. The van der Waals surface area contributed by atoms with Crippen LogP contribution in [-0.4, -0.2) is 33.8 Å². The van der Waals surface area contributed by atoms with Crippen LogP contribution >= 0.6 is 0 Å². The van der Waals surface area contributed by atoms with Crippen molar-refractivity contribution in [2.75, 3.05) is 6.54 Å². The highest BCUT2D eigenvalue weighted by Gasteiger charge is 2.44. The van der Waals surface area contributed by atoms with Gasteiger partial charge in [0.25, 0.3) is 0 Å². The van der Waals surface area contributed by atoms with Crippen molar-refractivity contribution in [2.45, 2.75) is 12.4 Å². The third-order valence-electron chi connectivity index (χ3n) is 3.42. The zero-order valence-electron chi connectivity index (χ0n) is 11.7. The number of hydrazine groups is 1. The average molecular weight is 349 g/mol. The van der Waals surface area contributed by atoms with E-state index in [1.54, 1.807) is 0 Å². The normalized spacial score (nSPS) is 19.0. The SMILES string of the molecule is ON1CC=C2N=C(c3ccc(C(F)(F)F)cc3)C=C(C(F)(F)F)N21. The fourth-order valence-electron chi connectivity index (χ4n) is 2.32. The summed E-state index contributed by atoms with van der Waals surface area (Å²) < 4.78 is 77.2. The Kier molecular flexibility index (Phi) is 3.68. The van der Waals surface area contributed by atoms with Crippen LogP contribution in [0, 0.1) is 0 Å². The van der Waals surface area contributed by atoms with E-state index < -0.39 is 23.6 Å². The van der Waals surface area contributed by atoms with Crippen LogP contribution < -0.4 is 0 Å². The van der Waals surface area contributed by atoms with E-state index in [2.05, 4.69) is 4.99 Å². The van der Waals surface area contributed by atoms with Crippen LogP contribution in [0.4, 0.5) is 26.3 Å². The zero-order chi connectivity index (χ0) is 17.7. The number of halogens is 6. The van der Waals surface area contributed by atoms with E-state index >= 15 is 0 Å². The number of hydroxylamine groups is 1. The molecule has 0 atom stereocenters. The van der Waals surface area contributed by atoms with Crippen molar-refractivity contribution in [3.8, 4) is 0 Å². The average Bonchev–Trinajstić information content (AvgIpc) is 2.86. The van der Waals surface area contributed by atoms with Crippen molar-refractivity contribution in [3.05, 3.63) is 59.1 Å². The number of hydrogen-bond acceptors (Lipinski definition) is 4. The first-order valence-electron chi connectivity index (χ1n) is 6.59. The van der Waals surface area contributed by atoms with E-state index in [-0.39, 0.29) is 23.6 Å². The molecular weight excluding hydrogens is 340 g/mol. The molecule has 0 unspecified atom stereocenters. The van der Waals surface area contributed by atoms with E-state index in [1.807, 2.05) is 0 Å². The number of hydrogen-bond donors (Lipinski definition) is 1.